The molecule has 0 radical (unpaired) electrons. The van der Waals surface area contributed by atoms with Crippen molar-refractivity contribution >= 4 is 5.78 Å². The quantitative estimate of drug-likeness (QED) is 0.227. The highest BCUT2D eigenvalue weighted by molar-refractivity contribution is 6.01. The molecule has 0 aliphatic heterocycles. The van der Waals surface area contributed by atoms with Gasteiger partial charge in [0.1, 0.15) is 0 Å². The second-order valence-corrected chi connectivity index (χ2v) is 11.6. The van der Waals surface area contributed by atoms with E-state index in [0.29, 0.717) is 18.5 Å². The van der Waals surface area contributed by atoms with Gasteiger partial charge >= 0.3 is 0 Å². The van der Waals surface area contributed by atoms with E-state index < -0.39 is 0 Å². The molecular formula is C39H48N2O2. The average molecular weight is 577 g/mol. The molecule has 43 heavy (non-hydrogen) atoms. The molecule has 4 aromatic rings. The molecule has 0 heterocycles. The van der Waals surface area contributed by atoms with Gasteiger partial charge in [-0.25, -0.2) is 0 Å². The number of nitrogens with one attached hydrogen (secondary N) is 2. The maximum atomic E-state index is 12.1. The molecule has 4 aliphatic carbocycles. The first-order valence-corrected chi connectivity index (χ1v) is 14.7. The molecule has 0 spiro atoms. The summed E-state index contributed by atoms with van der Waals surface area (Å²) >= 11 is 0. The molecule has 5 unspecified atom stereocenters. The second kappa shape index (κ2) is 13.8. The molecule has 5 atom stereocenters. The van der Waals surface area contributed by atoms with Gasteiger partial charge in [-0.1, -0.05) is 119 Å². The lowest BCUT2D eigenvalue weighted by molar-refractivity contribution is 0.0984. The zero-order valence-electron chi connectivity index (χ0n) is 22.7. The molecule has 0 saturated heterocycles. The number of aliphatic hydroxyl groups is 1. The summed E-state index contributed by atoms with van der Waals surface area (Å²) in [6.07, 6.45) is 5.65. The fourth-order valence-corrected chi connectivity index (χ4v) is 7.32. The number of ketones is 1. The van der Waals surface area contributed by atoms with Crippen LogP contribution < -0.4 is 10.6 Å². The standard InChI is InChI=1S/C18H19NO.C18H17NO.3CH4/c2*20-18-11-17(14-7-3-4-8-15(14)18)19-16-10-9-12-5-1-2-6-13(12)16;;;/h1-8,16-20H,9-11H2;1-8,16-17,19H,9-11H2;3*1H4. The van der Waals surface area contributed by atoms with E-state index in [1.807, 2.05) is 30.3 Å². The van der Waals surface area contributed by atoms with Crippen molar-refractivity contribution in [1.82, 2.24) is 10.6 Å². The Morgan fingerprint density at radius 2 is 1.00 bits per heavy atom. The van der Waals surface area contributed by atoms with Crippen LogP contribution in [0.5, 0.6) is 0 Å². The van der Waals surface area contributed by atoms with E-state index in [1.54, 1.807) is 0 Å². The summed E-state index contributed by atoms with van der Waals surface area (Å²) in [6.45, 7) is 0. The molecule has 3 N–H and O–H groups in total. The van der Waals surface area contributed by atoms with Gasteiger partial charge in [-0.3, -0.25) is 4.79 Å². The highest BCUT2D eigenvalue weighted by Gasteiger charge is 2.33. The van der Waals surface area contributed by atoms with Crippen LogP contribution in [0.1, 0.15) is 128 Å². The third kappa shape index (κ3) is 6.24. The summed E-state index contributed by atoms with van der Waals surface area (Å²) in [5, 5.41) is 17.6. The maximum Gasteiger partial charge on any atom is 0.165 e. The van der Waals surface area contributed by atoms with Gasteiger partial charge in [0.2, 0.25) is 0 Å². The van der Waals surface area contributed by atoms with Gasteiger partial charge in [0, 0.05) is 36.2 Å². The van der Waals surface area contributed by atoms with Crippen LogP contribution in [0.2, 0.25) is 0 Å². The normalized spacial score (nSPS) is 23.7. The third-order valence-electron chi connectivity index (χ3n) is 9.29. The predicted molar refractivity (Wildman–Crippen MR) is 178 cm³/mol. The fourth-order valence-electron chi connectivity index (χ4n) is 7.32. The van der Waals surface area contributed by atoms with Gasteiger partial charge in [0.25, 0.3) is 0 Å². The number of benzene rings is 4. The molecule has 4 aromatic carbocycles. The minimum atomic E-state index is -0.319. The Morgan fingerprint density at radius 3 is 1.60 bits per heavy atom. The topological polar surface area (TPSA) is 61.4 Å². The number of hydrogen-bond donors (Lipinski definition) is 3. The van der Waals surface area contributed by atoms with E-state index in [-0.39, 0.29) is 46.3 Å². The number of aliphatic hydroxyl groups excluding tert-OH is 1. The van der Waals surface area contributed by atoms with Crippen LogP contribution in [0, 0.1) is 0 Å². The molecule has 0 bridgehead atoms. The van der Waals surface area contributed by atoms with Crippen LogP contribution in [0.15, 0.2) is 97.1 Å². The summed E-state index contributed by atoms with van der Waals surface area (Å²) in [5.41, 5.74) is 10.2. The van der Waals surface area contributed by atoms with Gasteiger partial charge in [0.15, 0.2) is 5.78 Å². The maximum absolute atomic E-state index is 12.1. The Balaban J connectivity index is 0.000000184. The Hall–Kier alpha value is -3.57. The van der Waals surface area contributed by atoms with E-state index >= 15 is 0 Å². The summed E-state index contributed by atoms with van der Waals surface area (Å²) in [7, 11) is 0. The van der Waals surface area contributed by atoms with Crippen LogP contribution in [0.25, 0.3) is 0 Å². The van der Waals surface area contributed by atoms with E-state index in [9.17, 15) is 9.90 Å². The average Bonchev–Trinajstić information content (AvgIpc) is 3.75. The number of fused-ring (bicyclic) bond motifs is 4. The molecule has 4 aliphatic rings. The van der Waals surface area contributed by atoms with Crippen molar-refractivity contribution < 1.29 is 9.90 Å². The van der Waals surface area contributed by atoms with Crippen molar-refractivity contribution in [2.75, 3.05) is 0 Å². The lowest BCUT2D eigenvalue weighted by Crippen LogP contribution is -2.23. The van der Waals surface area contributed by atoms with Crippen LogP contribution in [0.3, 0.4) is 0 Å². The molecule has 0 aromatic heterocycles. The van der Waals surface area contributed by atoms with Gasteiger partial charge in [-0.05, 0) is 71.0 Å². The summed E-state index contributed by atoms with van der Waals surface area (Å²) in [5.74, 6) is 0.268. The summed E-state index contributed by atoms with van der Waals surface area (Å²) in [4.78, 5) is 12.1. The molecule has 226 valence electrons. The molecule has 0 amide bonds. The first kappa shape index (κ1) is 32.3. The predicted octanol–water partition coefficient (Wildman–Crippen LogP) is 8.94. The zero-order valence-corrected chi connectivity index (χ0v) is 22.7. The molecule has 0 fully saturated rings. The number of Topliss-reactive ketones (excluding diaryl/α,β-unsaturated/α-hetero) is 1. The van der Waals surface area contributed by atoms with Crippen molar-refractivity contribution in [3.63, 3.8) is 0 Å². The molecule has 4 nitrogen and oxygen atoms in total. The van der Waals surface area contributed by atoms with Crippen molar-refractivity contribution in [3.8, 4) is 0 Å². The van der Waals surface area contributed by atoms with Crippen molar-refractivity contribution in [3.05, 3.63) is 142 Å². The summed E-state index contributed by atoms with van der Waals surface area (Å²) < 4.78 is 0. The van der Waals surface area contributed by atoms with Crippen molar-refractivity contribution in [2.24, 2.45) is 0 Å². The Kier molecular flexibility index (Phi) is 10.4. The number of aryl methyl sites for hydroxylation is 2. The lowest BCUT2D eigenvalue weighted by atomic mass is 10.0. The highest BCUT2D eigenvalue weighted by atomic mass is 16.3. The SMILES string of the molecule is C.C.C.O=C1CC(NC2CCc3ccccc32)c2ccccc21.OC1CC(NC2CCc3ccccc32)c2ccccc21. The van der Waals surface area contributed by atoms with E-state index in [2.05, 4.69) is 77.4 Å². The Bertz CT molecular complexity index is 1550. The minimum Gasteiger partial charge on any atom is -0.388 e. The highest BCUT2D eigenvalue weighted by Crippen LogP contribution is 2.42. The molecule has 0 saturated carbocycles. The van der Waals surface area contributed by atoms with Crippen LogP contribution in [-0.4, -0.2) is 10.9 Å². The van der Waals surface area contributed by atoms with E-state index in [0.717, 1.165) is 43.2 Å². The van der Waals surface area contributed by atoms with Crippen LogP contribution in [-0.2, 0) is 12.8 Å². The number of carbonyl (C=O) groups excluding carboxylic acids is 1. The van der Waals surface area contributed by atoms with Gasteiger partial charge in [0.05, 0.1) is 6.10 Å². The smallest absolute Gasteiger partial charge is 0.165 e. The summed E-state index contributed by atoms with van der Waals surface area (Å²) in [6, 6.07) is 34.9. The third-order valence-corrected chi connectivity index (χ3v) is 9.29. The zero-order chi connectivity index (χ0) is 27.1. The monoisotopic (exact) mass is 576 g/mol. The first-order chi connectivity index (χ1) is 19.7. The van der Waals surface area contributed by atoms with Crippen molar-refractivity contribution in [1.29, 1.82) is 0 Å². The molecule has 8 rings (SSSR count). The lowest BCUT2D eigenvalue weighted by Gasteiger charge is -2.20. The Morgan fingerprint density at radius 1 is 0.535 bits per heavy atom. The Labute approximate surface area is 258 Å². The van der Waals surface area contributed by atoms with Crippen molar-refractivity contribution in [2.45, 2.75) is 91.1 Å². The molecule has 4 heteroatoms. The van der Waals surface area contributed by atoms with Crippen LogP contribution in [0.4, 0.5) is 0 Å². The van der Waals surface area contributed by atoms with Crippen LogP contribution >= 0.6 is 0 Å². The minimum absolute atomic E-state index is 0. The van der Waals surface area contributed by atoms with Gasteiger partial charge in [-0.15, -0.1) is 0 Å². The van der Waals surface area contributed by atoms with E-state index in [4.69, 9.17) is 0 Å². The van der Waals surface area contributed by atoms with Gasteiger partial charge < -0.3 is 15.7 Å². The largest absolute Gasteiger partial charge is 0.388 e. The first-order valence-electron chi connectivity index (χ1n) is 14.7. The fraction of sp³-hybridized carbons (Fsp3) is 0.359. The second-order valence-electron chi connectivity index (χ2n) is 11.6. The van der Waals surface area contributed by atoms with E-state index in [1.165, 1.54) is 33.4 Å². The number of carbonyl (C=O) groups is 1. The number of rotatable bonds is 4. The number of hydrogen-bond acceptors (Lipinski definition) is 4. The molecular weight excluding hydrogens is 528 g/mol. The van der Waals surface area contributed by atoms with Gasteiger partial charge in [-0.2, -0.15) is 0 Å².